The Morgan fingerprint density at radius 2 is 1.79 bits per heavy atom. The molecule has 0 radical (unpaired) electrons. The summed E-state index contributed by atoms with van der Waals surface area (Å²) in [6, 6.07) is 12.5. The van der Waals surface area contributed by atoms with Crippen LogP contribution < -0.4 is 21.2 Å². The van der Waals surface area contributed by atoms with E-state index in [-0.39, 0.29) is 12.5 Å². The zero-order valence-corrected chi connectivity index (χ0v) is 15.9. The summed E-state index contributed by atoms with van der Waals surface area (Å²) in [4.78, 5) is 37.3. The Balaban J connectivity index is 1.86. The van der Waals surface area contributed by atoms with Crippen molar-refractivity contribution in [1.29, 1.82) is 0 Å². The van der Waals surface area contributed by atoms with Crippen LogP contribution in [0.4, 0.5) is 5.69 Å². The summed E-state index contributed by atoms with van der Waals surface area (Å²) in [5, 5.41) is 2.77. The lowest BCUT2D eigenvalue weighted by atomic mass is 10.1. The molecule has 1 amide bonds. The number of methoxy groups -OCH3 is 1. The molecule has 28 heavy (non-hydrogen) atoms. The number of rotatable bonds is 5. The van der Waals surface area contributed by atoms with Crippen molar-refractivity contribution in [3.05, 3.63) is 86.7 Å². The average Bonchev–Trinajstić information content (AvgIpc) is 2.68. The van der Waals surface area contributed by atoms with Crippen LogP contribution in [-0.4, -0.2) is 22.2 Å². The third-order valence-corrected chi connectivity index (χ3v) is 4.37. The number of carbonyl (C=O) groups is 1. The van der Waals surface area contributed by atoms with Crippen molar-refractivity contribution in [3.63, 3.8) is 0 Å². The lowest BCUT2D eigenvalue weighted by molar-refractivity contribution is -0.116. The molecule has 3 aromatic rings. The zero-order valence-electron chi connectivity index (χ0n) is 15.9. The second-order valence-electron chi connectivity index (χ2n) is 6.44. The molecular weight excluding hydrogens is 358 g/mol. The van der Waals surface area contributed by atoms with Gasteiger partial charge in [0.05, 0.1) is 12.8 Å². The number of para-hydroxylation sites is 2. The van der Waals surface area contributed by atoms with Crippen molar-refractivity contribution in [2.24, 2.45) is 0 Å². The minimum Gasteiger partial charge on any atom is -0.495 e. The van der Waals surface area contributed by atoms with Crippen LogP contribution in [0.3, 0.4) is 0 Å². The predicted molar refractivity (Wildman–Crippen MR) is 107 cm³/mol. The fourth-order valence-corrected chi connectivity index (χ4v) is 2.95. The molecule has 0 aliphatic heterocycles. The maximum absolute atomic E-state index is 12.5. The number of ether oxygens (including phenoxy) is 1. The van der Waals surface area contributed by atoms with E-state index in [9.17, 15) is 14.4 Å². The molecule has 7 heteroatoms. The molecule has 0 spiro atoms. The number of hydrogen-bond donors (Lipinski definition) is 1. The number of amides is 1. The monoisotopic (exact) mass is 379 g/mol. The topological polar surface area (TPSA) is 82.3 Å². The van der Waals surface area contributed by atoms with Crippen molar-refractivity contribution in [2.45, 2.75) is 20.4 Å². The minimum atomic E-state index is -0.788. The fraction of sp³-hybridized carbons (Fsp3) is 0.190. The first-order valence-electron chi connectivity index (χ1n) is 8.73. The number of aromatic nitrogens is 2. The normalized spacial score (nSPS) is 10.5. The van der Waals surface area contributed by atoms with Gasteiger partial charge in [-0.15, -0.1) is 0 Å². The van der Waals surface area contributed by atoms with Crippen LogP contribution >= 0.6 is 0 Å². The van der Waals surface area contributed by atoms with Gasteiger partial charge in [-0.25, -0.2) is 0 Å². The van der Waals surface area contributed by atoms with Gasteiger partial charge >= 0.3 is 11.1 Å². The third kappa shape index (κ3) is 3.88. The van der Waals surface area contributed by atoms with Crippen molar-refractivity contribution in [1.82, 2.24) is 9.13 Å². The van der Waals surface area contributed by atoms with Gasteiger partial charge in [-0.3, -0.25) is 23.5 Å². The lowest BCUT2D eigenvalue weighted by Crippen LogP contribution is -2.41. The highest BCUT2D eigenvalue weighted by Crippen LogP contribution is 2.20. The molecule has 0 fully saturated rings. The van der Waals surface area contributed by atoms with Gasteiger partial charge < -0.3 is 10.1 Å². The smallest absolute Gasteiger partial charge is 0.321 e. The molecule has 2 aromatic carbocycles. The first-order chi connectivity index (χ1) is 13.4. The van der Waals surface area contributed by atoms with E-state index in [1.54, 1.807) is 24.3 Å². The van der Waals surface area contributed by atoms with E-state index >= 15 is 0 Å². The summed E-state index contributed by atoms with van der Waals surface area (Å²) in [5.41, 5.74) is 1.60. The fourth-order valence-electron chi connectivity index (χ4n) is 2.95. The Morgan fingerprint density at radius 3 is 2.50 bits per heavy atom. The average molecular weight is 379 g/mol. The Bertz CT molecular complexity index is 1140. The Kier molecular flexibility index (Phi) is 5.44. The zero-order chi connectivity index (χ0) is 20.3. The van der Waals surface area contributed by atoms with Crippen molar-refractivity contribution in [3.8, 4) is 11.4 Å². The number of carbonyl (C=O) groups excluding carboxylic acids is 1. The predicted octanol–water partition coefficient (Wildman–Crippen LogP) is 2.26. The van der Waals surface area contributed by atoms with Crippen LogP contribution in [0.2, 0.25) is 0 Å². The molecule has 0 bridgehead atoms. The number of aryl methyl sites for hydroxylation is 2. The van der Waals surface area contributed by atoms with Gasteiger partial charge in [-0.05, 0) is 37.6 Å². The molecule has 0 aliphatic carbocycles. The quantitative estimate of drug-likeness (QED) is 0.690. The summed E-state index contributed by atoms with van der Waals surface area (Å²) in [6.07, 6.45) is 2.86. The lowest BCUT2D eigenvalue weighted by Gasteiger charge is -2.13. The number of nitrogens with zero attached hydrogens (tertiary/aromatic N) is 2. The molecule has 1 aromatic heterocycles. The second kappa shape index (κ2) is 7.96. The van der Waals surface area contributed by atoms with E-state index in [0.717, 1.165) is 15.7 Å². The van der Waals surface area contributed by atoms with Gasteiger partial charge in [0.25, 0.3) is 0 Å². The van der Waals surface area contributed by atoms with Crippen molar-refractivity contribution >= 4 is 11.6 Å². The number of nitrogens with one attached hydrogen (secondary N) is 1. The number of benzene rings is 2. The minimum absolute atomic E-state index is 0.256. The van der Waals surface area contributed by atoms with Crippen LogP contribution in [0, 0.1) is 13.8 Å². The summed E-state index contributed by atoms with van der Waals surface area (Å²) in [6.45, 7) is 3.60. The summed E-state index contributed by atoms with van der Waals surface area (Å²) >= 11 is 0. The van der Waals surface area contributed by atoms with E-state index in [0.29, 0.717) is 17.1 Å². The molecular formula is C21H21N3O4. The van der Waals surface area contributed by atoms with Crippen LogP contribution in [0.5, 0.6) is 5.75 Å². The Hall–Kier alpha value is -3.61. The third-order valence-electron chi connectivity index (χ3n) is 4.37. The highest BCUT2D eigenvalue weighted by atomic mass is 16.5. The van der Waals surface area contributed by atoms with Gasteiger partial charge in [0.1, 0.15) is 12.3 Å². The molecule has 0 aliphatic rings. The second-order valence-corrected chi connectivity index (χ2v) is 6.44. The Morgan fingerprint density at radius 1 is 1.04 bits per heavy atom. The first kappa shape index (κ1) is 19.2. The summed E-state index contributed by atoms with van der Waals surface area (Å²) in [7, 11) is 1.49. The van der Waals surface area contributed by atoms with E-state index in [1.165, 1.54) is 24.1 Å². The van der Waals surface area contributed by atoms with Gasteiger partial charge in [-0.1, -0.05) is 29.8 Å². The Labute approximate surface area is 161 Å². The largest absolute Gasteiger partial charge is 0.495 e. The molecule has 0 saturated heterocycles. The first-order valence-corrected chi connectivity index (χ1v) is 8.73. The van der Waals surface area contributed by atoms with E-state index in [1.807, 2.05) is 32.0 Å². The SMILES string of the molecule is COc1ccccc1-n1ccn(CC(=O)Nc2ccc(C)cc2C)c(=O)c1=O. The number of anilines is 1. The molecule has 0 unspecified atom stereocenters. The van der Waals surface area contributed by atoms with Gasteiger partial charge in [0.15, 0.2) is 0 Å². The number of hydrogen-bond acceptors (Lipinski definition) is 4. The molecule has 3 rings (SSSR count). The van der Waals surface area contributed by atoms with E-state index < -0.39 is 11.1 Å². The highest BCUT2D eigenvalue weighted by Gasteiger charge is 2.13. The standard InChI is InChI=1S/C21H21N3O4/c1-14-8-9-16(15(2)12-14)22-19(25)13-23-10-11-24(21(27)20(23)26)17-6-4-5-7-18(17)28-3/h4-12H,13H2,1-3H3,(H,22,25). The molecule has 0 atom stereocenters. The van der Waals surface area contributed by atoms with Gasteiger partial charge in [-0.2, -0.15) is 0 Å². The molecule has 0 saturated carbocycles. The van der Waals surface area contributed by atoms with E-state index in [2.05, 4.69) is 5.32 Å². The summed E-state index contributed by atoms with van der Waals surface area (Å²) in [5.74, 6) is 0.0813. The van der Waals surface area contributed by atoms with Crippen LogP contribution in [0.15, 0.2) is 64.4 Å². The van der Waals surface area contributed by atoms with E-state index in [4.69, 9.17) is 4.74 Å². The highest BCUT2D eigenvalue weighted by molar-refractivity contribution is 5.91. The summed E-state index contributed by atoms with van der Waals surface area (Å²) < 4.78 is 7.54. The molecule has 7 nitrogen and oxygen atoms in total. The van der Waals surface area contributed by atoms with Crippen LogP contribution in [-0.2, 0) is 11.3 Å². The van der Waals surface area contributed by atoms with Crippen LogP contribution in [0.25, 0.3) is 5.69 Å². The maximum atomic E-state index is 12.5. The van der Waals surface area contributed by atoms with Crippen molar-refractivity contribution in [2.75, 3.05) is 12.4 Å². The van der Waals surface area contributed by atoms with Gasteiger partial charge in [0, 0.05) is 18.1 Å². The molecule has 1 heterocycles. The maximum Gasteiger partial charge on any atom is 0.321 e. The van der Waals surface area contributed by atoms with Crippen molar-refractivity contribution < 1.29 is 9.53 Å². The molecule has 1 N–H and O–H groups in total. The van der Waals surface area contributed by atoms with Gasteiger partial charge in [0.2, 0.25) is 5.91 Å². The van der Waals surface area contributed by atoms with Crippen LogP contribution in [0.1, 0.15) is 11.1 Å². The molecule has 144 valence electrons.